The van der Waals surface area contributed by atoms with E-state index in [-0.39, 0.29) is 0 Å². The maximum atomic E-state index is 12.0. The van der Waals surface area contributed by atoms with Crippen LogP contribution in [0.4, 0.5) is 0 Å². The van der Waals surface area contributed by atoms with E-state index in [1.807, 2.05) is 22.4 Å². The molecule has 0 N–H and O–H groups in total. The molecule has 0 aromatic carbocycles. The monoisotopic (exact) mass is 301 g/mol. The Morgan fingerprint density at radius 3 is 3.19 bits per heavy atom. The molecule has 0 radical (unpaired) electrons. The van der Waals surface area contributed by atoms with Gasteiger partial charge in [0.05, 0.1) is 6.42 Å². The van der Waals surface area contributed by atoms with Gasteiger partial charge in [0.1, 0.15) is 0 Å². The average molecular weight is 302 g/mol. The molecule has 1 amide bonds. The van der Waals surface area contributed by atoms with Crippen molar-refractivity contribution in [3.63, 3.8) is 0 Å². The molecule has 0 bridgehead atoms. The van der Waals surface area contributed by atoms with Crippen molar-refractivity contribution in [2.45, 2.75) is 19.3 Å². The van der Waals surface area contributed by atoms with Gasteiger partial charge in [0, 0.05) is 23.3 Å². The molecule has 2 rings (SSSR count). The summed E-state index contributed by atoms with van der Waals surface area (Å²) in [7, 11) is 0. The SMILES string of the molecule is O=C(Cc1cccs1)N1CCC(CCBr)C1. The molecule has 4 heteroatoms. The van der Waals surface area contributed by atoms with Crippen LogP contribution in [-0.2, 0) is 11.2 Å². The fraction of sp³-hybridized carbons (Fsp3) is 0.583. The normalized spacial score (nSPS) is 20.3. The fourth-order valence-corrected chi connectivity index (χ4v) is 3.47. The van der Waals surface area contributed by atoms with E-state index in [1.54, 1.807) is 11.3 Å². The van der Waals surface area contributed by atoms with Crippen molar-refractivity contribution in [3.05, 3.63) is 22.4 Å². The van der Waals surface area contributed by atoms with Gasteiger partial charge in [0.15, 0.2) is 0 Å². The van der Waals surface area contributed by atoms with Crippen molar-refractivity contribution in [2.24, 2.45) is 5.92 Å². The Bertz CT molecular complexity index is 339. The van der Waals surface area contributed by atoms with Crippen LogP contribution in [0.3, 0.4) is 0 Å². The lowest BCUT2D eigenvalue weighted by Gasteiger charge is -2.15. The van der Waals surface area contributed by atoms with Gasteiger partial charge in [-0.05, 0) is 30.2 Å². The van der Waals surface area contributed by atoms with E-state index < -0.39 is 0 Å². The molecular formula is C12H16BrNOS. The van der Waals surface area contributed by atoms with Crippen LogP contribution in [0.5, 0.6) is 0 Å². The fourth-order valence-electron chi connectivity index (χ4n) is 2.12. The summed E-state index contributed by atoms with van der Waals surface area (Å²) in [6.07, 6.45) is 2.93. The van der Waals surface area contributed by atoms with E-state index in [4.69, 9.17) is 0 Å². The zero-order valence-electron chi connectivity index (χ0n) is 9.19. The minimum atomic E-state index is 0.291. The number of carbonyl (C=O) groups excluding carboxylic acids is 1. The van der Waals surface area contributed by atoms with Crippen molar-refractivity contribution in [2.75, 3.05) is 18.4 Å². The van der Waals surface area contributed by atoms with E-state index in [0.717, 1.165) is 18.4 Å². The minimum absolute atomic E-state index is 0.291. The van der Waals surface area contributed by atoms with E-state index in [2.05, 4.69) is 15.9 Å². The molecule has 1 aliphatic heterocycles. The van der Waals surface area contributed by atoms with Crippen molar-refractivity contribution < 1.29 is 4.79 Å². The Labute approximate surface area is 109 Å². The summed E-state index contributed by atoms with van der Waals surface area (Å²) in [6.45, 7) is 1.90. The molecule has 88 valence electrons. The topological polar surface area (TPSA) is 20.3 Å². The number of rotatable bonds is 4. The number of carbonyl (C=O) groups is 1. The van der Waals surface area contributed by atoms with E-state index in [1.165, 1.54) is 17.7 Å². The highest BCUT2D eigenvalue weighted by atomic mass is 79.9. The van der Waals surface area contributed by atoms with Crippen LogP contribution < -0.4 is 0 Å². The van der Waals surface area contributed by atoms with Crippen molar-refractivity contribution in [1.29, 1.82) is 0 Å². The third-order valence-corrected chi connectivity index (χ3v) is 4.40. The first kappa shape index (κ1) is 12.1. The van der Waals surface area contributed by atoms with Crippen LogP contribution >= 0.6 is 27.3 Å². The van der Waals surface area contributed by atoms with Gasteiger partial charge in [0.2, 0.25) is 5.91 Å². The number of thiophene rings is 1. The summed E-state index contributed by atoms with van der Waals surface area (Å²) < 4.78 is 0. The van der Waals surface area contributed by atoms with Crippen molar-refractivity contribution in [3.8, 4) is 0 Å². The lowest BCUT2D eigenvalue weighted by atomic mass is 10.1. The first-order valence-corrected chi connectivity index (χ1v) is 7.66. The highest BCUT2D eigenvalue weighted by molar-refractivity contribution is 9.09. The number of halogens is 1. The second-order valence-electron chi connectivity index (χ2n) is 4.23. The van der Waals surface area contributed by atoms with Crippen LogP contribution in [0.1, 0.15) is 17.7 Å². The van der Waals surface area contributed by atoms with Crippen LogP contribution in [0.25, 0.3) is 0 Å². The summed E-state index contributed by atoms with van der Waals surface area (Å²) >= 11 is 5.13. The van der Waals surface area contributed by atoms with Crippen LogP contribution in [0.2, 0.25) is 0 Å². The number of likely N-dealkylation sites (tertiary alicyclic amines) is 1. The average Bonchev–Trinajstić information content (AvgIpc) is 2.89. The molecule has 0 aliphatic carbocycles. The standard InChI is InChI=1S/C12H16BrNOS/c13-5-3-10-4-6-14(9-10)12(15)8-11-2-1-7-16-11/h1-2,7,10H,3-6,8-9H2. The molecule has 1 fully saturated rings. The molecule has 16 heavy (non-hydrogen) atoms. The quantitative estimate of drug-likeness (QED) is 0.783. The second-order valence-corrected chi connectivity index (χ2v) is 6.05. The van der Waals surface area contributed by atoms with Gasteiger partial charge in [0.25, 0.3) is 0 Å². The van der Waals surface area contributed by atoms with Crippen LogP contribution in [0.15, 0.2) is 17.5 Å². The van der Waals surface area contributed by atoms with Gasteiger partial charge < -0.3 is 4.90 Å². The number of alkyl halides is 1. The Hall–Kier alpha value is -0.350. The first-order valence-electron chi connectivity index (χ1n) is 5.65. The van der Waals surface area contributed by atoms with Gasteiger partial charge in [-0.1, -0.05) is 22.0 Å². The van der Waals surface area contributed by atoms with Gasteiger partial charge >= 0.3 is 0 Å². The Kier molecular flexibility index (Phi) is 4.41. The second kappa shape index (κ2) is 5.82. The summed E-state index contributed by atoms with van der Waals surface area (Å²) in [5.74, 6) is 0.992. The maximum Gasteiger partial charge on any atom is 0.227 e. The largest absolute Gasteiger partial charge is 0.342 e. The maximum absolute atomic E-state index is 12.0. The van der Waals surface area contributed by atoms with Gasteiger partial charge in [-0.25, -0.2) is 0 Å². The minimum Gasteiger partial charge on any atom is -0.342 e. The van der Waals surface area contributed by atoms with Gasteiger partial charge in [-0.3, -0.25) is 4.79 Å². The summed E-state index contributed by atoms with van der Waals surface area (Å²) in [5, 5.41) is 3.07. The molecule has 1 aliphatic rings. The Morgan fingerprint density at radius 2 is 2.50 bits per heavy atom. The summed E-state index contributed by atoms with van der Waals surface area (Å²) in [5.41, 5.74) is 0. The molecule has 1 unspecified atom stereocenters. The predicted octanol–water partition coefficient (Wildman–Crippen LogP) is 2.92. The Balaban J connectivity index is 1.83. The first-order chi connectivity index (χ1) is 7.79. The Morgan fingerprint density at radius 1 is 1.62 bits per heavy atom. The number of hydrogen-bond acceptors (Lipinski definition) is 2. The highest BCUT2D eigenvalue weighted by Crippen LogP contribution is 2.21. The zero-order valence-corrected chi connectivity index (χ0v) is 11.6. The predicted molar refractivity (Wildman–Crippen MR) is 71.1 cm³/mol. The molecule has 2 nitrogen and oxygen atoms in total. The van der Waals surface area contributed by atoms with Gasteiger partial charge in [-0.15, -0.1) is 11.3 Å². The molecule has 1 aromatic heterocycles. The molecule has 2 heterocycles. The molecular weight excluding hydrogens is 286 g/mol. The highest BCUT2D eigenvalue weighted by Gasteiger charge is 2.25. The molecule has 0 saturated carbocycles. The van der Waals surface area contributed by atoms with E-state index in [9.17, 15) is 4.79 Å². The van der Waals surface area contributed by atoms with E-state index >= 15 is 0 Å². The van der Waals surface area contributed by atoms with Gasteiger partial charge in [-0.2, -0.15) is 0 Å². The molecule has 0 spiro atoms. The molecule has 1 atom stereocenters. The number of amides is 1. The lowest BCUT2D eigenvalue weighted by molar-refractivity contribution is -0.129. The smallest absolute Gasteiger partial charge is 0.227 e. The van der Waals surface area contributed by atoms with Crippen molar-refractivity contribution in [1.82, 2.24) is 4.90 Å². The van der Waals surface area contributed by atoms with E-state index in [0.29, 0.717) is 18.2 Å². The van der Waals surface area contributed by atoms with Crippen molar-refractivity contribution >= 4 is 33.2 Å². The summed E-state index contributed by atoms with van der Waals surface area (Å²) in [6, 6.07) is 4.04. The number of nitrogens with zero attached hydrogens (tertiary/aromatic N) is 1. The molecule has 1 saturated heterocycles. The van der Waals surface area contributed by atoms with Crippen LogP contribution in [-0.4, -0.2) is 29.2 Å². The number of hydrogen-bond donors (Lipinski definition) is 0. The summed E-state index contributed by atoms with van der Waals surface area (Å²) in [4.78, 5) is 15.2. The van der Waals surface area contributed by atoms with Crippen LogP contribution in [0, 0.1) is 5.92 Å². The lowest BCUT2D eigenvalue weighted by Crippen LogP contribution is -2.29. The third kappa shape index (κ3) is 3.08. The third-order valence-electron chi connectivity index (χ3n) is 3.06. The zero-order chi connectivity index (χ0) is 11.4. The molecule has 1 aromatic rings.